The Morgan fingerprint density at radius 2 is 2.20 bits per heavy atom. The first-order valence-electron chi connectivity index (χ1n) is 4.95. The van der Waals surface area contributed by atoms with Crippen molar-refractivity contribution < 1.29 is 14.6 Å². The molecule has 0 fully saturated rings. The SMILES string of the molecule is CC(CCO)NCc1cccc(F)c1O. The molecule has 84 valence electrons. The van der Waals surface area contributed by atoms with Crippen LogP contribution in [-0.4, -0.2) is 22.9 Å². The molecule has 3 N–H and O–H groups in total. The maximum Gasteiger partial charge on any atom is 0.165 e. The van der Waals surface area contributed by atoms with Gasteiger partial charge in [-0.1, -0.05) is 12.1 Å². The van der Waals surface area contributed by atoms with Gasteiger partial charge >= 0.3 is 0 Å². The third-order valence-electron chi connectivity index (χ3n) is 2.27. The van der Waals surface area contributed by atoms with Gasteiger partial charge < -0.3 is 15.5 Å². The number of phenolic OH excluding ortho intramolecular Hbond substituents is 1. The quantitative estimate of drug-likeness (QED) is 0.692. The van der Waals surface area contributed by atoms with Crippen LogP contribution in [0.5, 0.6) is 5.75 Å². The molecule has 0 saturated heterocycles. The Morgan fingerprint density at radius 3 is 2.87 bits per heavy atom. The van der Waals surface area contributed by atoms with Crippen LogP contribution in [0.2, 0.25) is 0 Å². The third kappa shape index (κ3) is 3.49. The summed E-state index contributed by atoms with van der Waals surface area (Å²) in [5.74, 6) is -0.912. The van der Waals surface area contributed by atoms with Crippen molar-refractivity contribution in [2.24, 2.45) is 0 Å². The lowest BCUT2D eigenvalue weighted by Gasteiger charge is -2.13. The zero-order valence-corrected chi connectivity index (χ0v) is 8.70. The van der Waals surface area contributed by atoms with E-state index in [2.05, 4.69) is 5.32 Å². The fraction of sp³-hybridized carbons (Fsp3) is 0.455. The summed E-state index contributed by atoms with van der Waals surface area (Å²) in [6, 6.07) is 4.58. The molecule has 3 nitrogen and oxygen atoms in total. The molecule has 1 atom stereocenters. The van der Waals surface area contributed by atoms with Crippen LogP contribution < -0.4 is 5.32 Å². The molecule has 0 saturated carbocycles. The molecule has 1 aromatic carbocycles. The maximum atomic E-state index is 12.9. The molecule has 0 aliphatic rings. The monoisotopic (exact) mass is 213 g/mol. The van der Waals surface area contributed by atoms with Gasteiger partial charge in [0, 0.05) is 24.8 Å². The lowest BCUT2D eigenvalue weighted by molar-refractivity contribution is 0.268. The lowest BCUT2D eigenvalue weighted by Crippen LogP contribution is -2.26. The van der Waals surface area contributed by atoms with Crippen molar-refractivity contribution in [2.75, 3.05) is 6.61 Å². The smallest absolute Gasteiger partial charge is 0.165 e. The molecular formula is C11H16FNO2. The van der Waals surface area contributed by atoms with E-state index in [1.807, 2.05) is 6.92 Å². The van der Waals surface area contributed by atoms with Gasteiger partial charge in [0.2, 0.25) is 0 Å². The number of halogens is 1. The van der Waals surface area contributed by atoms with E-state index in [4.69, 9.17) is 5.11 Å². The molecule has 1 unspecified atom stereocenters. The second-order valence-corrected chi connectivity index (χ2v) is 3.54. The van der Waals surface area contributed by atoms with Gasteiger partial charge in [-0.2, -0.15) is 0 Å². The number of nitrogens with one attached hydrogen (secondary N) is 1. The molecule has 15 heavy (non-hydrogen) atoms. The van der Waals surface area contributed by atoms with Crippen LogP contribution in [0.15, 0.2) is 18.2 Å². The van der Waals surface area contributed by atoms with Crippen LogP contribution >= 0.6 is 0 Å². The fourth-order valence-electron chi connectivity index (χ4n) is 1.28. The number of benzene rings is 1. The predicted octanol–water partition coefficient (Wildman–Crippen LogP) is 1.39. The second kappa shape index (κ2) is 5.68. The molecule has 1 rings (SSSR count). The average molecular weight is 213 g/mol. The van der Waals surface area contributed by atoms with Crippen molar-refractivity contribution in [2.45, 2.75) is 25.9 Å². The number of para-hydroxylation sites is 1. The van der Waals surface area contributed by atoms with Gasteiger partial charge in [-0.25, -0.2) is 4.39 Å². The Kier molecular flexibility index (Phi) is 4.52. The molecule has 0 radical (unpaired) electrons. The van der Waals surface area contributed by atoms with Gasteiger partial charge in [0.15, 0.2) is 11.6 Å². The molecule has 0 bridgehead atoms. The van der Waals surface area contributed by atoms with E-state index in [9.17, 15) is 9.50 Å². The lowest BCUT2D eigenvalue weighted by atomic mass is 10.1. The van der Waals surface area contributed by atoms with E-state index in [1.54, 1.807) is 12.1 Å². The topological polar surface area (TPSA) is 52.5 Å². The Labute approximate surface area is 88.6 Å². The number of aliphatic hydroxyl groups is 1. The minimum absolute atomic E-state index is 0.114. The molecule has 0 aromatic heterocycles. The zero-order valence-electron chi connectivity index (χ0n) is 8.70. The van der Waals surface area contributed by atoms with Crippen LogP contribution in [0.25, 0.3) is 0 Å². The molecule has 4 heteroatoms. The standard InChI is InChI=1S/C11H16FNO2/c1-8(5-6-14)13-7-9-3-2-4-10(12)11(9)15/h2-4,8,13-15H,5-7H2,1H3. The number of aromatic hydroxyl groups is 1. The van der Waals surface area contributed by atoms with E-state index >= 15 is 0 Å². The number of aliphatic hydroxyl groups excluding tert-OH is 1. The number of rotatable bonds is 5. The minimum atomic E-state index is -0.607. The highest BCUT2D eigenvalue weighted by Gasteiger charge is 2.07. The van der Waals surface area contributed by atoms with Crippen LogP contribution in [0.3, 0.4) is 0 Å². The predicted molar refractivity (Wildman–Crippen MR) is 56.1 cm³/mol. The Morgan fingerprint density at radius 1 is 1.47 bits per heavy atom. The van der Waals surface area contributed by atoms with E-state index < -0.39 is 5.82 Å². The molecule has 0 aliphatic heterocycles. The van der Waals surface area contributed by atoms with Crippen LogP contribution in [0.1, 0.15) is 18.9 Å². The van der Waals surface area contributed by atoms with Crippen molar-refractivity contribution in [1.29, 1.82) is 0 Å². The van der Waals surface area contributed by atoms with Crippen molar-refractivity contribution in [3.8, 4) is 5.75 Å². The first kappa shape index (κ1) is 11.9. The maximum absolute atomic E-state index is 12.9. The molecule has 0 spiro atoms. The number of phenols is 1. The zero-order chi connectivity index (χ0) is 11.3. The summed E-state index contributed by atoms with van der Waals surface area (Å²) in [5.41, 5.74) is 0.528. The summed E-state index contributed by atoms with van der Waals surface area (Å²) >= 11 is 0. The van der Waals surface area contributed by atoms with E-state index in [-0.39, 0.29) is 18.4 Å². The van der Waals surface area contributed by atoms with Gasteiger partial charge in [-0.3, -0.25) is 0 Å². The Hall–Kier alpha value is -1.13. The average Bonchev–Trinajstić information content (AvgIpc) is 2.21. The summed E-state index contributed by atoms with van der Waals surface area (Å²) < 4.78 is 12.9. The van der Waals surface area contributed by atoms with Crippen LogP contribution in [0.4, 0.5) is 4.39 Å². The third-order valence-corrected chi connectivity index (χ3v) is 2.27. The molecule has 0 aliphatic carbocycles. The first-order valence-corrected chi connectivity index (χ1v) is 4.95. The van der Waals surface area contributed by atoms with Crippen molar-refractivity contribution in [3.63, 3.8) is 0 Å². The van der Waals surface area contributed by atoms with Crippen molar-refractivity contribution >= 4 is 0 Å². The summed E-state index contributed by atoms with van der Waals surface area (Å²) in [6.07, 6.45) is 0.635. The number of hydrogen-bond acceptors (Lipinski definition) is 3. The highest BCUT2D eigenvalue weighted by molar-refractivity contribution is 5.33. The van der Waals surface area contributed by atoms with Gasteiger partial charge in [0.1, 0.15) is 0 Å². The van der Waals surface area contributed by atoms with E-state index in [1.165, 1.54) is 6.07 Å². The summed E-state index contributed by atoms with van der Waals surface area (Å²) in [6.45, 7) is 2.43. The second-order valence-electron chi connectivity index (χ2n) is 3.54. The summed E-state index contributed by atoms with van der Waals surface area (Å²) in [4.78, 5) is 0. The number of hydrogen-bond donors (Lipinski definition) is 3. The minimum Gasteiger partial charge on any atom is -0.505 e. The Bertz CT molecular complexity index is 317. The fourth-order valence-corrected chi connectivity index (χ4v) is 1.28. The van der Waals surface area contributed by atoms with E-state index in [0.717, 1.165) is 0 Å². The van der Waals surface area contributed by atoms with Crippen LogP contribution in [0, 0.1) is 5.82 Å². The van der Waals surface area contributed by atoms with Crippen molar-refractivity contribution in [3.05, 3.63) is 29.6 Å². The van der Waals surface area contributed by atoms with Crippen molar-refractivity contribution in [1.82, 2.24) is 5.32 Å². The molecular weight excluding hydrogens is 197 g/mol. The highest BCUT2D eigenvalue weighted by atomic mass is 19.1. The highest BCUT2D eigenvalue weighted by Crippen LogP contribution is 2.20. The van der Waals surface area contributed by atoms with Gasteiger partial charge in [0.05, 0.1) is 0 Å². The van der Waals surface area contributed by atoms with Gasteiger partial charge in [0.25, 0.3) is 0 Å². The Balaban J connectivity index is 2.54. The van der Waals surface area contributed by atoms with E-state index in [0.29, 0.717) is 18.5 Å². The van der Waals surface area contributed by atoms with Crippen LogP contribution in [-0.2, 0) is 6.54 Å². The normalized spacial score (nSPS) is 12.7. The summed E-state index contributed by atoms with van der Waals surface area (Å²) in [5, 5.41) is 21.1. The molecule has 0 heterocycles. The largest absolute Gasteiger partial charge is 0.505 e. The first-order chi connectivity index (χ1) is 7.15. The molecule has 0 amide bonds. The van der Waals surface area contributed by atoms with Gasteiger partial charge in [-0.15, -0.1) is 0 Å². The summed E-state index contributed by atoms with van der Waals surface area (Å²) in [7, 11) is 0. The van der Waals surface area contributed by atoms with Gasteiger partial charge in [-0.05, 0) is 19.4 Å². The molecule has 1 aromatic rings.